The minimum absolute atomic E-state index is 0.0996. The van der Waals surface area contributed by atoms with Crippen LogP contribution in [0.1, 0.15) is 51.5 Å². The van der Waals surface area contributed by atoms with E-state index in [4.69, 9.17) is 0 Å². The molecule has 1 atom stereocenters. The van der Waals surface area contributed by atoms with E-state index in [0.29, 0.717) is 5.82 Å². The number of carbonyl (C=O) groups is 1. The molecule has 3 heterocycles. The van der Waals surface area contributed by atoms with Gasteiger partial charge in [-0.3, -0.25) is 14.4 Å². The number of amides is 1. The molecule has 2 aliphatic rings. The molecule has 0 radical (unpaired) electrons. The zero-order valence-electron chi connectivity index (χ0n) is 16.5. The first kappa shape index (κ1) is 17.6. The molecule has 0 aromatic carbocycles. The van der Waals surface area contributed by atoms with Crippen LogP contribution in [-0.4, -0.2) is 25.7 Å². The highest BCUT2D eigenvalue weighted by molar-refractivity contribution is 6.04. The first-order valence-electron chi connectivity index (χ1n) is 9.39. The topological polar surface area (TPSA) is 63.9 Å². The second-order valence-electron chi connectivity index (χ2n) is 8.15. The van der Waals surface area contributed by atoms with Gasteiger partial charge in [-0.2, -0.15) is 5.10 Å². The van der Waals surface area contributed by atoms with Gasteiger partial charge in [0, 0.05) is 47.9 Å². The van der Waals surface area contributed by atoms with Crippen molar-refractivity contribution in [2.75, 3.05) is 4.90 Å². The number of hydrogen-bond donors (Lipinski definition) is 0. The monoisotopic (exact) mass is 363 g/mol. The van der Waals surface area contributed by atoms with Crippen LogP contribution in [-0.2, 0) is 4.79 Å². The summed E-state index contributed by atoms with van der Waals surface area (Å²) in [4.78, 5) is 23.7. The van der Waals surface area contributed by atoms with Crippen LogP contribution < -0.4 is 4.90 Å². The quantitative estimate of drug-likeness (QED) is 0.829. The summed E-state index contributed by atoms with van der Waals surface area (Å²) in [5.41, 5.74) is 2.58. The van der Waals surface area contributed by atoms with E-state index in [-0.39, 0.29) is 17.9 Å². The Bertz CT molecular complexity index is 949. The third-order valence-electron chi connectivity index (χ3n) is 5.58. The van der Waals surface area contributed by atoms with E-state index >= 15 is 0 Å². The summed E-state index contributed by atoms with van der Waals surface area (Å²) in [6.07, 6.45) is 10.7. The van der Waals surface area contributed by atoms with E-state index in [2.05, 4.69) is 41.1 Å². The third kappa shape index (κ3) is 2.80. The Labute approximate surface area is 159 Å². The van der Waals surface area contributed by atoms with Crippen molar-refractivity contribution in [3.8, 4) is 0 Å². The number of aryl methyl sites for hydroxylation is 1. The Morgan fingerprint density at radius 3 is 2.56 bits per heavy atom. The maximum atomic E-state index is 13.2. The number of aromatic nitrogens is 4. The van der Waals surface area contributed by atoms with Crippen molar-refractivity contribution < 1.29 is 4.79 Å². The van der Waals surface area contributed by atoms with Crippen molar-refractivity contribution in [1.29, 1.82) is 0 Å². The molecule has 140 valence electrons. The van der Waals surface area contributed by atoms with Gasteiger partial charge in [0.15, 0.2) is 5.82 Å². The summed E-state index contributed by atoms with van der Waals surface area (Å²) in [5, 5.41) is 4.64. The summed E-state index contributed by atoms with van der Waals surface area (Å²) >= 11 is 0. The minimum atomic E-state index is -0.459. The van der Waals surface area contributed by atoms with E-state index in [0.717, 1.165) is 29.1 Å². The normalized spacial score (nSPS) is 21.3. The van der Waals surface area contributed by atoms with Crippen molar-refractivity contribution in [1.82, 2.24) is 19.7 Å². The van der Waals surface area contributed by atoms with E-state index in [1.807, 2.05) is 50.1 Å². The number of nitrogens with zero attached hydrogens (tertiary/aromatic N) is 5. The lowest BCUT2D eigenvalue weighted by molar-refractivity contribution is -0.125. The number of fused-ring (bicyclic) bond motifs is 1. The van der Waals surface area contributed by atoms with Crippen LogP contribution in [0, 0.1) is 18.3 Å². The predicted octanol–water partition coefficient (Wildman–Crippen LogP) is 3.92. The summed E-state index contributed by atoms with van der Waals surface area (Å²) in [6, 6.07) is 2.17. The Hall–Kier alpha value is -2.76. The van der Waals surface area contributed by atoms with Gasteiger partial charge in [0.1, 0.15) is 5.82 Å². The van der Waals surface area contributed by atoms with Gasteiger partial charge in [0.25, 0.3) is 0 Å². The highest BCUT2D eigenvalue weighted by Crippen LogP contribution is 2.50. The molecule has 1 aliphatic heterocycles. The molecule has 1 amide bonds. The molecule has 0 saturated carbocycles. The number of hydrogen-bond acceptors (Lipinski definition) is 4. The molecular formula is C21H25N5O. The fourth-order valence-corrected chi connectivity index (χ4v) is 3.84. The van der Waals surface area contributed by atoms with Gasteiger partial charge in [-0.05, 0) is 38.8 Å². The summed E-state index contributed by atoms with van der Waals surface area (Å²) < 4.78 is 1.89. The molecule has 27 heavy (non-hydrogen) atoms. The van der Waals surface area contributed by atoms with Crippen molar-refractivity contribution in [3.05, 3.63) is 53.9 Å². The minimum Gasteiger partial charge on any atom is -0.273 e. The molecule has 0 spiro atoms. The van der Waals surface area contributed by atoms with Gasteiger partial charge >= 0.3 is 0 Å². The molecule has 0 bridgehead atoms. The lowest BCUT2D eigenvalue weighted by atomic mass is 9.75. The molecule has 1 fully saturated rings. The first-order valence-corrected chi connectivity index (χ1v) is 9.39. The molecule has 2 aromatic rings. The fourth-order valence-electron chi connectivity index (χ4n) is 3.84. The van der Waals surface area contributed by atoms with Gasteiger partial charge in [-0.15, -0.1) is 0 Å². The zero-order valence-corrected chi connectivity index (χ0v) is 16.5. The fraction of sp³-hybridized carbons (Fsp3) is 0.429. The van der Waals surface area contributed by atoms with Crippen molar-refractivity contribution in [3.63, 3.8) is 0 Å². The smallest absolute Gasteiger partial charge is 0.238 e. The molecule has 0 N–H and O–H groups in total. The Morgan fingerprint density at radius 2 is 1.93 bits per heavy atom. The zero-order chi connectivity index (χ0) is 19.3. The lowest BCUT2D eigenvalue weighted by Gasteiger charge is -2.25. The summed E-state index contributed by atoms with van der Waals surface area (Å²) in [6.45, 7) is 10.1. The molecule has 6 heteroatoms. The second kappa shape index (κ2) is 6.15. The standard InChI is InChI=1S/C21H25N5O/c1-13(2)25-9-8-19(24-25)26-18-10-15(16-11-22-14(3)23-12-16)6-7-17(18)21(4,5)20(26)27/h6,8-13,17H,7H2,1-5H3. The Balaban J connectivity index is 1.77. The highest BCUT2D eigenvalue weighted by Gasteiger charge is 2.52. The number of allylic oxidation sites excluding steroid dienone is 4. The van der Waals surface area contributed by atoms with E-state index in [9.17, 15) is 4.79 Å². The van der Waals surface area contributed by atoms with Gasteiger partial charge in [-0.25, -0.2) is 9.97 Å². The average molecular weight is 363 g/mol. The Morgan fingerprint density at radius 1 is 1.22 bits per heavy atom. The van der Waals surface area contributed by atoms with Crippen LogP contribution >= 0.6 is 0 Å². The van der Waals surface area contributed by atoms with Crippen molar-refractivity contribution in [2.24, 2.45) is 11.3 Å². The number of rotatable bonds is 3. The van der Waals surface area contributed by atoms with Crippen molar-refractivity contribution >= 4 is 17.3 Å². The van der Waals surface area contributed by atoms with E-state index in [1.165, 1.54) is 0 Å². The van der Waals surface area contributed by atoms with Crippen LogP contribution in [0.25, 0.3) is 5.57 Å². The third-order valence-corrected chi connectivity index (χ3v) is 5.58. The van der Waals surface area contributed by atoms with E-state index < -0.39 is 5.41 Å². The summed E-state index contributed by atoms with van der Waals surface area (Å²) in [5.74, 6) is 1.68. The van der Waals surface area contributed by atoms with E-state index in [1.54, 1.807) is 4.90 Å². The molecule has 1 saturated heterocycles. The molecule has 2 aromatic heterocycles. The number of carbonyl (C=O) groups excluding carboxylic acids is 1. The molecule has 1 unspecified atom stereocenters. The molecule has 4 rings (SSSR count). The largest absolute Gasteiger partial charge is 0.273 e. The van der Waals surface area contributed by atoms with Gasteiger partial charge < -0.3 is 0 Å². The highest BCUT2D eigenvalue weighted by atomic mass is 16.2. The molecular weight excluding hydrogens is 338 g/mol. The molecule has 1 aliphatic carbocycles. The second-order valence-corrected chi connectivity index (χ2v) is 8.15. The van der Waals surface area contributed by atoms with Crippen LogP contribution in [0.4, 0.5) is 5.82 Å². The lowest BCUT2D eigenvalue weighted by Crippen LogP contribution is -2.31. The van der Waals surface area contributed by atoms with Crippen LogP contribution in [0.2, 0.25) is 0 Å². The number of anilines is 1. The van der Waals surface area contributed by atoms with Gasteiger partial charge in [0.05, 0.1) is 5.41 Å². The van der Waals surface area contributed by atoms with Crippen LogP contribution in [0.15, 0.2) is 42.5 Å². The van der Waals surface area contributed by atoms with Gasteiger partial charge in [-0.1, -0.05) is 19.9 Å². The SMILES string of the molecule is Cc1ncc(C2=CCC3C(=C2)N(c2ccn(C(C)C)n2)C(=O)C3(C)C)cn1. The Kier molecular flexibility index (Phi) is 4.02. The first-order chi connectivity index (χ1) is 12.8. The maximum Gasteiger partial charge on any atom is 0.238 e. The van der Waals surface area contributed by atoms with Crippen molar-refractivity contribution in [2.45, 2.75) is 47.1 Å². The van der Waals surface area contributed by atoms with Crippen LogP contribution in [0.5, 0.6) is 0 Å². The van der Waals surface area contributed by atoms with Crippen LogP contribution in [0.3, 0.4) is 0 Å². The van der Waals surface area contributed by atoms with Gasteiger partial charge in [0.2, 0.25) is 5.91 Å². The maximum absolute atomic E-state index is 13.2. The average Bonchev–Trinajstić information content (AvgIpc) is 3.18. The molecule has 6 nitrogen and oxygen atoms in total. The predicted molar refractivity (Wildman–Crippen MR) is 105 cm³/mol. The summed E-state index contributed by atoms with van der Waals surface area (Å²) in [7, 11) is 0.